The van der Waals surface area contributed by atoms with Crippen LogP contribution in [0, 0.1) is 11.3 Å². The Morgan fingerprint density at radius 3 is 2.86 bits per heavy atom. The van der Waals surface area contributed by atoms with Gasteiger partial charge < -0.3 is 0 Å². The zero-order chi connectivity index (χ0) is 15.0. The van der Waals surface area contributed by atoms with E-state index in [1.165, 1.54) is 6.20 Å². The van der Waals surface area contributed by atoms with Crippen molar-refractivity contribution in [2.75, 3.05) is 0 Å². The van der Waals surface area contributed by atoms with Crippen LogP contribution in [-0.2, 0) is 9.59 Å². The number of benzene rings is 1. The van der Waals surface area contributed by atoms with Crippen molar-refractivity contribution in [1.29, 1.82) is 5.26 Å². The van der Waals surface area contributed by atoms with Gasteiger partial charge >= 0.3 is 0 Å². The Balaban J connectivity index is 2.11. The smallest absolute Gasteiger partial charge is 0.275 e. The van der Waals surface area contributed by atoms with Crippen LogP contribution >= 0.6 is 0 Å². The Labute approximate surface area is 118 Å². The minimum absolute atomic E-state index is 0.177. The molecule has 1 saturated heterocycles. The average molecular weight is 282 g/mol. The van der Waals surface area contributed by atoms with Crippen molar-refractivity contribution in [1.82, 2.24) is 15.1 Å². The molecule has 2 amide bonds. The van der Waals surface area contributed by atoms with Crippen LogP contribution in [0.25, 0.3) is 10.8 Å². The Morgan fingerprint density at radius 1 is 1.33 bits per heavy atom. The fourth-order valence-corrected chi connectivity index (χ4v) is 2.37. The molecule has 3 rings (SSSR count). The Hall–Kier alpha value is -3.01. The summed E-state index contributed by atoms with van der Waals surface area (Å²) in [6.07, 6.45) is 1.87. The van der Waals surface area contributed by atoms with Gasteiger partial charge in [-0.3, -0.25) is 19.7 Å². The number of aromatic nitrogens is 2. The SMILES string of the molecule is N#Cc1ccc2c(=O)n(C3CCC(=O)NC3=O)ncc2c1. The van der Waals surface area contributed by atoms with Crippen LogP contribution in [0.15, 0.2) is 29.2 Å². The van der Waals surface area contributed by atoms with Crippen molar-refractivity contribution in [3.8, 4) is 6.07 Å². The molecule has 0 bridgehead atoms. The summed E-state index contributed by atoms with van der Waals surface area (Å²) < 4.78 is 1.09. The molecule has 0 spiro atoms. The lowest BCUT2D eigenvalue weighted by atomic mass is 10.1. The number of hydrogen-bond acceptors (Lipinski definition) is 5. The summed E-state index contributed by atoms with van der Waals surface area (Å²) >= 11 is 0. The molecule has 104 valence electrons. The predicted octanol–water partition coefficient (Wildman–Crippen LogP) is 0.246. The molecule has 0 saturated carbocycles. The van der Waals surface area contributed by atoms with Crippen LogP contribution in [0.2, 0.25) is 0 Å². The Bertz CT molecular complexity index is 863. The van der Waals surface area contributed by atoms with Crippen LogP contribution < -0.4 is 10.9 Å². The van der Waals surface area contributed by atoms with Gasteiger partial charge in [-0.25, -0.2) is 4.68 Å². The number of hydrogen-bond donors (Lipinski definition) is 1. The standard InChI is InChI=1S/C14H10N4O3/c15-6-8-1-2-10-9(5-8)7-16-18(14(10)21)11-3-4-12(19)17-13(11)20/h1-2,5,7,11H,3-4H2,(H,17,19,20). The van der Waals surface area contributed by atoms with Gasteiger partial charge in [0.1, 0.15) is 6.04 Å². The van der Waals surface area contributed by atoms with Crippen molar-refractivity contribution in [3.05, 3.63) is 40.3 Å². The first-order chi connectivity index (χ1) is 10.1. The van der Waals surface area contributed by atoms with E-state index in [9.17, 15) is 14.4 Å². The van der Waals surface area contributed by atoms with Gasteiger partial charge in [0.05, 0.1) is 23.2 Å². The number of carbonyl (C=O) groups is 2. The van der Waals surface area contributed by atoms with Crippen molar-refractivity contribution < 1.29 is 9.59 Å². The van der Waals surface area contributed by atoms with Crippen molar-refractivity contribution in [3.63, 3.8) is 0 Å². The lowest BCUT2D eigenvalue weighted by Gasteiger charge is -2.21. The number of imide groups is 1. The van der Waals surface area contributed by atoms with Gasteiger partial charge in [-0.05, 0) is 24.6 Å². The number of nitriles is 1. The third kappa shape index (κ3) is 2.17. The number of nitrogens with one attached hydrogen (secondary N) is 1. The molecule has 1 aliphatic heterocycles. The minimum atomic E-state index is -0.782. The van der Waals surface area contributed by atoms with E-state index in [2.05, 4.69) is 10.4 Å². The highest BCUT2D eigenvalue weighted by Crippen LogP contribution is 2.17. The average Bonchev–Trinajstić information content (AvgIpc) is 2.48. The number of nitrogens with zero attached hydrogens (tertiary/aromatic N) is 3. The van der Waals surface area contributed by atoms with E-state index in [0.29, 0.717) is 16.3 Å². The molecule has 21 heavy (non-hydrogen) atoms. The van der Waals surface area contributed by atoms with Crippen LogP contribution in [0.3, 0.4) is 0 Å². The van der Waals surface area contributed by atoms with Gasteiger partial charge in [0, 0.05) is 11.8 Å². The van der Waals surface area contributed by atoms with Crippen molar-refractivity contribution in [2.24, 2.45) is 0 Å². The molecule has 1 aliphatic rings. The molecule has 2 heterocycles. The van der Waals surface area contributed by atoms with E-state index in [1.54, 1.807) is 18.2 Å². The second-order valence-electron chi connectivity index (χ2n) is 4.78. The van der Waals surface area contributed by atoms with E-state index in [1.807, 2.05) is 6.07 Å². The molecular weight excluding hydrogens is 272 g/mol. The summed E-state index contributed by atoms with van der Waals surface area (Å²) in [5.41, 5.74) is 0.0222. The lowest BCUT2D eigenvalue weighted by molar-refractivity contribution is -0.136. The summed E-state index contributed by atoms with van der Waals surface area (Å²) in [5.74, 6) is -0.863. The van der Waals surface area contributed by atoms with Crippen molar-refractivity contribution in [2.45, 2.75) is 18.9 Å². The molecule has 1 atom stereocenters. The predicted molar refractivity (Wildman–Crippen MR) is 72.1 cm³/mol. The number of rotatable bonds is 1. The van der Waals surface area contributed by atoms with Crippen LogP contribution in [0.1, 0.15) is 24.4 Å². The summed E-state index contributed by atoms with van der Waals surface area (Å²) in [6, 6.07) is 5.86. The van der Waals surface area contributed by atoms with Gasteiger partial charge in [0.15, 0.2) is 0 Å². The molecule has 1 fully saturated rings. The van der Waals surface area contributed by atoms with E-state index >= 15 is 0 Å². The monoisotopic (exact) mass is 282 g/mol. The first-order valence-electron chi connectivity index (χ1n) is 6.35. The Morgan fingerprint density at radius 2 is 2.14 bits per heavy atom. The molecule has 1 aromatic carbocycles. The van der Waals surface area contributed by atoms with Crippen molar-refractivity contribution >= 4 is 22.6 Å². The number of amides is 2. The number of carbonyl (C=O) groups excluding carboxylic acids is 2. The summed E-state index contributed by atoms with van der Waals surface area (Å²) in [5, 5.41) is 16.0. The molecule has 7 nitrogen and oxygen atoms in total. The lowest BCUT2D eigenvalue weighted by Crippen LogP contribution is -2.45. The van der Waals surface area contributed by atoms with Crippen LogP contribution in [0.5, 0.6) is 0 Å². The van der Waals surface area contributed by atoms with Crippen LogP contribution in [-0.4, -0.2) is 21.6 Å². The molecule has 1 N–H and O–H groups in total. The Kier molecular flexibility index (Phi) is 2.99. The largest absolute Gasteiger partial charge is 0.295 e. The van der Waals surface area contributed by atoms with Gasteiger partial charge in [0.2, 0.25) is 5.91 Å². The molecule has 2 aromatic rings. The second kappa shape index (κ2) is 4.83. The second-order valence-corrected chi connectivity index (χ2v) is 4.78. The molecule has 0 radical (unpaired) electrons. The highest BCUT2D eigenvalue weighted by molar-refractivity contribution is 5.99. The zero-order valence-electron chi connectivity index (χ0n) is 10.9. The van der Waals surface area contributed by atoms with Crippen LogP contribution in [0.4, 0.5) is 0 Å². The van der Waals surface area contributed by atoms with E-state index in [0.717, 1.165) is 4.68 Å². The molecule has 7 heteroatoms. The quantitative estimate of drug-likeness (QED) is 0.755. The highest BCUT2D eigenvalue weighted by atomic mass is 16.2. The maximum Gasteiger partial charge on any atom is 0.275 e. The first kappa shape index (κ1) is 13.0. The maximum atomic E-state index is 12.4. The fourth-order valence-electron chi connectivity index (χ4n) is 2.37. The van der Waals surface area contributed by atoms with E-state index < -0.39 is 17.5 Å². The summed E-state index contributed by atoms with van der Waals surface area (Å²) in [7, 11) is 0. The highest BCUT2D eigenvalue weighted by Gasteiger charge is 2.29. The van der Waals surface area contributed by atoms with E-state index in [-0.39, 0.29) is 18.7 Å². The maximum absolute atomic E-state index is 12.4. The third-order valence-electron chi connectivity index (χ3n) is 3.45. The normalized spacial score (nSPS) is 18.3. The molecular formula is C14H10N4O3. The summed E-state index contributed by atoms with van der Waals surface area (Å²) in [4.78, 5) is 35.4. The third-order valence-corrected chi connectivity index (χ3v) is 3.45. The zero-order valence-corrected chi connectivity index (χ0v) is 10.9. The van der Waals surface area contributed by atoms with Gasteiger partial charge in [-0.2, -0.15) is 10.4 Å². The first-order valence-corrected chi connectivity index (χ1v) is 6.35. The van der Waals surface area contributed by atoms with E-state index in [4.69, 9.17) is 5.26 Å². The van der Waals surface area contributed by atoms with Gasteiger partial charge in [-0.15, -0.1) is 0 Å². The van der Waals surface area contributed by atoms with Gasteiger partial charge in [-0.1, -0.05) is 0 Å². The van der Waals surface area contributed by atoms with Gasteiger partial charge in [0.25, 0.3) is 11.5 Å². The number of fused-ring (bicyclic) bond motifs is 1. The molecule has 1 unspecified atom stereocenters. The number of piperidine rings is 1. The summed E-state index contributed by atoms with van der Waals surface area (Å²) in [6.45, 7) is 0. The minimum Gasteiger partial charge on any atom is -0.295 e. The fraction of sp³-hybridized carbons (Fsp3) is 0.214. The molecule has 0 aliphatic carbocycles. The molecule has 1 aromatic heterocycles. The topological polar surface area (TPSA) is 105 Å².